The summed E-state index contributed by atoms with van der Waals surface area (Å²) in [6, 6.07) is 12.2. The molecule has 6 heteroatoms. The molecule has 0 aliphatic carbocycles. The average molecular weight is 355 g/mol. The smallest absolute Gasteiger partial charge is 0.380 e. The third kappa shape index (κ3) is 3.99. The van der Waals surface area contributed by atoms with Gasteiger partial charge in [0.05, 0.1) is 16.8 Å². The zero-order chi connectivity index (χ0) is 15.5. The highest BCUT2D eigenvalue weighted by atomic mass is 79.9. The third-order valence-electron chi connectivity index (χ3n) is 2.84. The second-order valence-corrected chi connectivity index (χ2v) is 5.27. The molecule has 0 spiro atoms. The molecular formula is C15H10BrF3N2. The van der Waals surface area contributed by atoms with Crippen LogP contribution >= 0.6 is 15.9 Å². The predicted octanol–water partition coefficient (Wildman–Crippen LogP) is 4.95. The van der Waals surface area contributed by atoms with Crippen LogP contribution in [0.15, 0.2) is 46.9 Å². The lowest BCUT2D eigenvalue weighted by Crippen LogP contribution is -2.07. The Labute approximate surface area is 128 Å². The zero-order valence-electron chi connectivity index (χ0n) is 10.7. The number of nitrogens with one attached hydrogen (secondary N) is 1. The van der Waals surface area contributed by atoms with Crippen LogP contribution < -0.4 is 5.32 Å². The molecule has 0 aliphatic heterocycles. The van der Waals surface area contributed by atoms with Crippen molar-refractivity contribution < 1.29 is 13.2 Å². The summed E-state index contributed by atoms with van der Waals surface area (Å²) in [4.78, 5) is 0. The first-order valence-electron chi connectivity index (χ1n) is 6.00. The van der Waals surface area contributed by atoms with Gasteiger partial charge in [-0.25, -0.2) is 0 Å². The van der Waals surface area contributed by atoms with E-state index in [-0.39, 0.29) is 6.54 Å². The molecule has 2 rings (SSSR count). The van der Waals surface area contributed by atoms with Crippen molar-refractivity contribution >= 4 is 21.6 Å². The van der Waals surface area contributed by atoms with Crippen molar-refractivity contribution in [3.63, 3.8) is 0 Å². The monoisotopic (exact) mass is 354 g/mol. The van der Waals surface area contributed by atoms with Gasteiger partial charge in [0.1, 0.15) is 6.07 Å². The lowest BCUT2D eigenvalue weighted by Gasteiger charge is -2.11. The lowest BCUT2D eigenvalue weighted by molar-refractivity contribution is -0.137. The first kappa shape index (κ1) is 15.4. The third-order valence-corrected chi connectivity index (χ3v) is 3.33. The Bertz CT molecular complexity index is 690. The van der Waals surface area contributed by atoms with Gasteiger partial charge >= 0.3 is 6.18 Å². The van der Waals surface area contributed by atoms with Gasteiger partial charge in [0, 0.05) is 11.0 Å². The van der Waals surface area contributed by atoms with Gasteiger partial charge in [-0.2, -0.15) is 18.4 Å². The number of anilines is 1. The molecule has 0 atom stereocenters. The minimum atomic E-state index is -4.36. The number of hydrogen-bond acceptors (Lipinski definition) is 2. The zero-order valence-corrected chi connectivity index (χ0v) is 12.3. The van der Waals surface area contributed by atoms with Gasteiger partial charge in [-0.1, -0.05) is 28.1 Å². The Balaban J connectivity index is 2.16. The number of nitrogens with zero attached hydrogens (tertiary/aromatic N) is 1. The second-order valence-electron chi connectivity index (χ2n) is 4.35. The van der Waals surface area contributed by atoms with Crippen LogP contribution in [0.2, 0.25) is 0 Å². The van der Waals surface area contributed by atoms with Crippen LogP contribution in [0.1, 0.15) is 16.7 Å². The quantitative estimate of drug-likeness (QED) is 0.846. The largest absolute Gasteiger partial charge is 0.416 e. The van der Waals surface area contributed by atoms with Crippen molar-refractivity contribution in [2.45, 2.75) is 12.7 Å². The van der Waals surface area contributed by atoms with Gasteiger partial charge in [-0.05, 0) is 35.9 Å². The molecule has 0 fully saturated rings. The molecule has 0 aromatic heterocycles. The molecule has 0 radical (unpaired) electrons. The average Bonchev–Trinajstić information content (AvgIpc) is 2.45. The van der Waals surface area contributed by atoms with E-state index in [9.17, 15) is 13.2 Å². The van der Waals surface area contributed by atoms with Crippen molar-refractivity contribution in [3.8, 4) is 6.07 Å². The second kappa shape index (κ2) is 6.19. The van der Waals surface area contributed by atoms with Crippen LogP contribution in [0, 0.1) is 11.3 Å². The maximum absolute atomic E-state index is 12.6. The van der Waals surface area contributed by atoms with Crippen LogP contribution in [-0.4, -0.2) is 0 Å². The Hall–Kier alpha value is -2.00. The van der Waals surface area contributed by atoms with Crippen LogP contribution in [-0.2, 0) is 12.7 Å². The van der Waals surface area contributed by atoms with Crippen LogP contribution in [0.4, 0.5) is 18.9 Å². The summed E-state index contributed by atoms with van der Waals surface area (Å²) in [6.45, 7) is 0.209. The number of rotatable bonds is 3. The van der Waals surface area contributed by atoms with Gasteiger partial charge in [0.15, 0.2) is 0 Å². The normalized spacial score (nSPS) is 11.0. The van der Waals surface area contributed by atoms with Crippen molar-refractivity contribution in [1.29, 1.82) is 5.26 Å². The maximum atomic E-state index is 12.6. The number of nitriles is 1. The van der Waals surface area contributed by atoms with Crippen molar-refractivity contribution in [3.05, 3.63) is 63.6 Å². The summed E-state index contributed by atoms with van der Waals surface area (Å²) in [6.07, 6.45) is -4.36. The molecule has 0 aliphatic rings. The summed E-state index contributed by atoms with van der Waals surface area (Å²) >= 11 is 3.26. The highest BCUT2D eigenvalue weighted by molar-refractivity contribution is 9.10. The number of halogens is 4. The lowest BCUT2D eigenvalue weighted by atomic mass is 10.1. The molecule has 0 saturated heterocycles. The van der Waals surface area contributed by atoms with Crippen molar-refractivity contribution in [2.75, 3.05) is 5.32 Å². The Kier molecular flexibility index (Phi) is 4.53. The van der Waals surface area contributed by atoms with Crippen molar-refractivity contribution in [2.24, 2.45) is 0 Å². The van der Waals surface area contributed by atoms with Gasteiger partial charge in [-0.15, -0.1) is 0 Å². The summed E-state index contributed by atoms with van der Waals surface area (Å²) in [7, 11) is 0. The standard InChI is InChI=1S/C15H10BrF3N2/c16-13-4-5-14(11(7-13)8-20)21-9-10-2-1-3-12(6-10)15(17,18)19/h1-7,21H,9H2. The van der Waals surface area contributed by atoms with Crippen LogP contribution in [0.5, 0.6) is 0 Å². The highest BCUT2D eigenvalue weighted by Gasteiger charge is 2.30. The number of benzene rings is 2. The van der Waals surface area contributed by atoms with E-state index in [1.807, 2.05) is 6.07 Å². The molecular weight excluding hydrogens is 345 g/mol. The van der Waals surface area contributed by atoms with E-state index in [1.54, 1.807) is 24.3 Å². The first-order valence-corrected chi connectivity index (χ1v) is 6.79. The van der Waals surface area contributed by atoms with E-state index in [0.717, 1.165) is 16.6 Å². The van der Waals surface area contributed by atoms with E-state index in [1.165, 1.54) is 6.07 Å². The SMILES string of the molecule is N#Cc1cc(Br)ccc1NCc1cccc(C(F)(F)F)c1. The van der Waals surface area contributed by atoms with Gasteiger partial charge in [0.25, 0.3) is 0 Å². The van der Waals surface area contributed by atoms with Crippen molar-refractivity contribution in [1.82, 2.24) is 0 Å². The van der Waals surface area contributed by atoms with Gasteiger partial charge in [-0.3, -0.25) is 0 Å². The van der Waals surface area contributed by atoms with E-state index >= 15 is 0 Å². The molecule has 108 valence electrons. The topological polar surface area (TPSA) is 35.8 Å². The fraction of sp³-hybridized carbons (Fsp3) is 0.133. The Morgan fingerprint density at radius 1 is 1.14 bits per heavy atom. The number of hydrogen-bond donors (Lipinski definition) is 1. The summed E-state index contributed by atoms with van der Waals surface area (Å²) in [5.41, 5.74) is 0.823. The molecule has 1 N–H and O–H groups in total. The molecule has 2 nitrogen and oxygen atoms in total. The Morgan fingerprint density at radius 2 is 1.90 bits per heavy atom. The molecule has 0 bridgehead atoms. The summed E-state index contributed by atoms with van der Waals surface area (Å²) < 4.78 is 38.6. The van der Waals surface area contributed by atoms with Crippen LogP contribution in [0.25, 0.3) is 0 Å². The fourth-order valence-corrected chi connectivity index (χ4v) is 2.18. The van der Waals surface area contributed by atoms with Crippen LogP contribution in [0.3, 0.4) is 0 Å². The van der Waals surface area contributed by atoms with E-state index < -0.39 is 11.7 Å². The number of alkyl halides is 3. The molecule has 2 aromatic rings. The fourth-order valence-electron chi connectivity index (χ4n) is 1.82. The summed E-state index contributed by atoms with van der Waals surface area (Å²) in [5, 5.41) is 12.0. The summed E-state index contributed by atoms with van der Waals surface area (Å²) in [5.74, 6) is 0. The van der Waals surface area contributed by atoms with E-state index in [4.69, 9.17) is 5.26 Å². The highest BCUT2D eigenvalue weighted by Crippen LogP contribution is 2.29. The van der Waals surface area contributed by atoms with Gasteiger partial charge in [0.2, 0.25) is 0 Å². The molecule has 0 saturated carbocycles. The molecule has 0 amide bonds. The Morgan fingerprint density at radius 3 is 2.57 bits per heavy atom. The first-order chi connectivity index (χ1) is 9.90. The minimum Gasteiger partial charge on any atom is -0.380 e. The van der Waals surface area contributed by atoms with E-state index in [0.29, 0.717) is 16.8 Å². The molecule has 21 heavy (non-hydrogen) atoms. The van der Waals surface area contributed by atoms with E-state index in [2.05, 4.69) is 21.2 Å². The minimum absolute atomic E-state index is 0.209. The predicted molar refractivity (Wildman–Crippen MR) is 77.6 cm³/mol. The van der Waals surface area contributed by atoms with Gasteiger partial charge < -0.3 is 5.32 Å². The molecule has 2 aromatic carbocycles. The molecule has 0 unspecified atom stereocenters. The molecule has 0 heterocycles. The maximum Gasteiger partial charge on any atom is 0.416 e.